The maximum Gasteiger partial charge on any atom is 0.349 e. The Morgan fingerprint density at radius 3 is 2.52 bits per heavy atom. The molecule has 0 radical (unpaired) electrons. The minimum Gasteiger partial charge on any atom is -0.482 e. The molecule has 0 fully saturated rings. The molecular weight excluding hydrogens is 408 g/mol. The molecule has 0 atom stereocenters. The molecule has 158 valence electrons. The number of nitro benzene ring substituents is 1. The largest absolute Gasteiger partial charge is 0.482 e. The number of fused-ring (bicyclic) bond motifs is 1. The predicted molar refractivity (Wildman–Crippen MR) is 109 cm³/mol. The fraction of sp³-hybridized carbons (Fsp3) is 0.0952. The van der Waals surface area contributed by atoms with Gasteiger partial charge in [0, 0.05) is 30.1 Å². The van der Waals surface area contributed by atoms with Crippen molar-refractivity contribution in [1.82, 2.24) is 5.32 Å². The Morgan fingerprint density at radius 2 is 1.84 bits per heavy atom. The first-order valence-electron chi connectivity index (χ1n) is 8.92. The molecule has 3 rings (SSSR count). The zero-order valence-corrected chi connectivity index (χ0v) is 16.0. The van der Waals surface area contributed by atoms with Crippen LogP contribution in [-0.4, -0.2) is 30.0 Å². The second-order valence-corrected chi connectivity index (χ2v) is 6.16. The summed E-state index contributed by atoms with van der Waals surface area (Å²) in [7, 11) is 0. The van der Waals surface area contributed by atoms with Gasteiger partial charge in [-0.25, -0.2) is 9.59 Å². The predicted octanol–water partition coefficient (Wildman–Crippen LogP) is 2.60. The van der Waals surface area contributed by atoms with E-state index in [1.54, 1.807) is 0 Å². The highest BCUT2D eigenvalue weighted by Gasteiger charge is 2.14. The van der Waals surface area contributed by atoms with E-state index in [0.717, 1.165) is 0 Å². The molecule has 1 N–H and O–H groups in total. The number of nitrogens with one attached hydrogen (secondary N) is 1. The van der Waals surface area contributed by atoms with E-state index in [4.69, 9.17) is 13.9 Å². The van der Waals surface area contributed by atoms with E-state index in [0.29, 0.717) is 5.39 Å². The second kappa shape index (κ2) is 9.35. The number of benzene rings is 2. The SMILES string of the molecule is C=CCNC(=O)c1cc2ccc(OC(=O)COc3ccc([N+](=O)[O-])cc3)cc2oc1=O. The number of hydrogen-bond acceptors (Lipinski definition) is 8. The fourth-order valence-electron chi connectivity index (χ4n) is 2.54. The summed E-state index contributed by atoms with van der Waals surface area (Å²) in [6, 6.07) is 10.9. The third-order valence-corrected chi connectivity index (χ3v) is 3.99. The van der Waals surface area contributed by atoms with Crippen LogP contribution in [0.25, 0.3) is 11.0 Å². The highest BCUT2D eigenvalue weighted by atomic mass is 16.6. The van der Waals surface area contributed by atoms with Crippen molar-refractivity contribution in [3.8, 4) is 11.5 Å². The number of rotatable bonds is 8. The zero-order chi connectivity index (χ0) is 22.4. The normalized spacial score (nSPS) is 10.3. The molecule has 0 aliphatic carbocycles. The molecule has 0 saturated carbocycles. The lowest BCUT2D eigenvalue weighted by Gasteiger charge is -2.08. The average molecular weight is 424 g/mol. The van der Waals surface area contributed by atoms with Crippen LogP contribution in [0.15, 0.2) is 70.4 Å². The molecule has 0 spiro atoms. The van der Waals surface area contributed by atoms with Gasteiger partial charge in [0.05, 0.1) is 4.92 Å². The molecule has 1 amide bonds. The number of nitro groups is 1. The molecular formula is C21H16N2O8. The Kier molecular flexibility index (Phi) is 6.41. The molecule has 0 aliphatic rings. The van der Waals surface area contributed by atoms with Gasteiger partial charge in [0.25, 0.3) is 11.6 Å². The molecule has 0 aliphatic heterocycles. The summed E-state index contributed by atoms with van der Waals surface area (Å²) in [6.45, 7) is 3.24. The molecule has 1 heterocycles. The van der Waals surface area contributed by atoms with E-state index >= 15 is 0 Å². The van der Waals surface area contributed by atoms with Gasteiger partial charge in [0.2, 0.25) is 0 Å². The van der Waals surface area contributed by atoms with Gasteiger partial charge in [-0.3, -0.25) is 14.9 Å². The summed E-state index contributed by atoms with van der Waals surface area (Å²) in [5.41, 5.74) is -0.963. The highest BCUT2D eigenvalue weighted by Crippen LogP contribution is 2.21. The summed E-state index contributed by atoms with van der Waals surface area (Å²) in [4.78, 5) is 46.1. The van der Waals surface area contributed by atoms with Crippen molar-refractivity contribution in [1.29, 1.82) is 0 Å². The minimum atomic E-state index is -0.834. The van der Waals surface area contributed by atoms with E-state index in [-0.39, 0.29) is 34.9 Å². The van der Waals surface area contributed by atoms with E-state index in [1.807, 2.05) is 0 Å². The first-order valence-corrected chi connectivity index (χ1v) is 8.92. The Bertz CT molecular complexity index is 1210. The van der Waals surface area contributed by atoms with Crippen molar-refractivity contribution in [3.63, 3.8) is 0 Å². The zero-order valence-electron chi connectivity index (χ0n) is 16.0. The first kappa shape index (κ1) is 21.2. The van der Waals surface area contributed by atoms with Crippen LogP contribution in [0.2, 0.25) is 0 Å². The van der Waals surface area contributed by atoms with Crippen molar-refractivity contribution in [2.75, 3.05) is 13.2 Å². The minimum absolute atomic E-state index is 0.103. The summed E-state index contributed by atoms with van der Waals surface area (Å²) in [5, 5.41) is 13.6. The Balaban J connectivity index is 1.66. The van der Waals surface area contributed by atoms with Gasteiger partial charge in [-0.15, -0.1) is 6.58 Å². The number of carbonyl (C=O) groups is 2. The van der Waals surface area contributed by atoms with Crippen LogP contribution >= 0.6 is 0 Å². The number of esters is 1. The third kappa shape index (κ3) is 5.32. The molecule has 2 aromatic carbocycles. The molecule has 0 unspecified atom stereocenters. The molecule has 1 aromatic heterocycles. The van der Waals surface area contributed by atoms with Crippen molar-refractivity contribution in [2.45, 2.75) is 0 Å². The Labute approximate surface area is 174 Å². The standard InChI is InChI=1S/C21H16N2O8/c1-2-9-22-20(25)17-10-13-3-6-16(11-18(13)31-21(17)26)30-19(24)12-29-15-7-4-14(5-8-15)23(27)28/h2-8,10-11H,1,9,12H2,(H,22,25). The highest BCUT2D eigenvalue weighted by molar-refractivity contribution is 5.96. The fourth-order valence-corrected chi connectivity index (χ4v) is 2.54. The lowest BCUT2D eigenvalue weighted by atomic mass is 10.1. The number of ether oxygens (including phenoxy) is 2. The smallest absolute Gasteiger partial charge is 0.349 e. The van der Waals surface area contributed by atoms with Crippen LogP contribution < -0.4 is 20.4 Å². The molecule has 0 bridgehead atoms. The van der Waals surface area contributed by atoms with Gasteiger partial charge in [-0.05, 0) is 30.3 Å². The Morgan fingerprint density at radius 1 is 1.13 bits per heavy atom. The molecule has 0 saturated heterocycles. The van der Waals surface area contributed by atoms with E-state index in [9.17, 15) is 24.5 Å². The topological polar surface area (TPSA) is 138 Å². The summed E-state index contributed by atoms with van der Waals surface area (Å²) < 4.78 is 15.5. The van der Waals surface area contributed by atoms with E-state index in [1.165, 1.54) is 54.6 Å². The van der Waals surface area contributed by atoms with Crippen molar-refractivity contribution in [2.24, 2.45) is 0 Å². The first-order chi connectivity index (χ1) is 14.9. The molecule has 31 heavy (non-hydrogen) atoms. The van der Waals surface area contributed by atoms with Crippen LogP contribution in [-0.2, 0) is 4.79 Å². The van der Waals surface area contributed by atoms with Gasteiger partial charge in [0.1, 0.15) is 22.6 Å². The summed E-state index contributed by atoms with van der Waals surface area (Å²) in [6.07, 6.45) is 1.48. The summed E-state index contributed by atoms with van der Waals surface area (Å²) >= 11 is 0. The van der Waals surface area contributed by atoms with Crippen molar-refractivity contribution < 1.29 is 28.4 Å². The molecule has 3 aromatic rings. The lowest BCUT2D eigenvalue weighted by molar-refractivity contribution is -0.384. The van der Waals surface area contributed by atoms with Crippen LogP contribution in [0, 0.1) is 10.1 Å². The van der Waals surface area contributed by atoms with Gasteiger partial charge in [-0.1, -0.05) is 6.08 Å². The molecule has 10 heteroatoms. The maximum atomic E-state index is 12.1. The monoisotopic (exact) mass is 424 g/mol. The van der Waals surface area contributed by atoms with Gasteiger partial charge in [0.15, 0.2) is 6.61 Å². The average Bonchev–Trinajstić information content (AvgIpc) is 2.75. The van der Waals surface area contributed by atoms with Crippen LogP contribution in [0.3, 0.4) is 0 Å². The quantitative estimate of drug-likeness (QED) is 0.145. The number of amides is 1. The second-order valence-electron chi connectivity index (χ2n) is 6.16. The van der Waals surface area contributed by atoms with Crippen molar-refractivity contribution in [3.05, 3.63) is 87.3 Å². The van der Waals surface area contributed by atoms with Crippen LogP contribution in [0.5, 0.6) is 11.5 Å². The number of hydrogen-bond donors (Lipinski definition) is 1. The van der Waals surface area contributed by atoms with E-state index < -0.39 is 29.0 Å². The van der Waals surface area contributed by atoms with Crippen LogP contribution in [0.4, 0.5) is 5.69 Å². The van der Waals surface area contributed by atoms with Crippen LogP contribution in [0.1, 0.15) is 10.4 Å². The number of carbonyl (C=O) groups excluding carboxylic acids is 2. The lowest BCUT2D eigenvalue weighted by Crippen LogP contribution is -2.28. The molecule has 10 nitrogen and oxygen atoms in total. The maximum absolute atomic E-state index is 12.1. The van der Waals surface area contributed by atoms with Gasteiger partial charge in [-0.2, -0.15) is 0 Å². The Hall–Kier alpha value is -4.47. The number of non-ortho nitro benzene ring substituents is 1. The van der Waals surface area contributed by atoms with Crippen molar-refractivity contribution >= 4 is 28.5 Å². The summed E-state index contributed by atoms with van der Waals surface area (Å²) in [5.74, 6) is -0.957. The number of nitrogens with zero attached hydrogens (tertiary/aromatic N) is 1. The van der Waals surface area contributed by atoms with Gasteiger partial charge >= 0.3 is 11.6 Å². The van der Waals surface area contributed by atoms with E-state index in [2.05, 4.69) is 11.9 Å². The van der Waals surface area contributed by atoms with Gasteiger partial charge < -0.3 is 19.2 Å². The third-order valence-electron chi connectivity index (χ3n) is 3.99.